The van der Waals surface area contributed by atoms with Crippen LogP contribution in [-0.4, -0.2) is 118 Å². The number of unbranched alkanes of at least 4 members (excludes halogenated alkanes) is 7. The molecule has 0 atom stereocenters. The number of rotatable bonds is 30. The van der Waals surface area contributed by atoms with E-state index in [0.717, 1.165) is 26.2 Å². The molecular weight excluding hydrogens is 438 g/mol. The number of nitrogens with zero attached hydrogens (tertiary/aromatic N) is 1. The van der Waals surface area contributed by atoms with Crippen molar-refractivity contribution in [3.63, 3.8) is 0 Å². The fourth-order valence-electron chi connectivity index (χ4n) is 3.01. The molecule has 0 amide bonds. The first-order valence-corrected chi connectivity index (χ1v) is 13.5. The largest absolute Gasteiger partial charge is 0.379 e. The average molecular weight is 494 g/mol. The van der Waals surface area contributed by atoms with Crippen molar-refractivity contribution < 1.29 is 33.2 Å². The molecule has 0 aromatic heterocycles. The van der Waals surface area contributed by atoms with Crippen LogP contribution in [0, 0.1) is 0 Å². The van der Waals surface area contributed by atoms with Gasteiger partial charge in [0.2, 0.25) is 0 Å². The lowest BCUT2D eigenvalue weighted by molar-refractivity contribution is -0.0208. The van der Waals surface area contributed by atoms with Gasteiger partial charge in [0.05, 0.1) is 85.9 Å². The zero-order valence-corrected chi connectivity index (χ0v) is 22.6. The van der Waals surface area contributed by atoms with Gasteiger partial charge in [-0.15, -0.1) is 0 Å². The Morgan fingerprint density at radius 3 is 1.00 bits per heavy atom. The van der Waals surface area contributed by atoms with Crippen LogP contribution in [0.2, 0.25) is 0 Å². The molecule has 0 aliphatic heterocycles. The molecule has 0 spiro atoms. The van der Waals surface area contributed by atoms with E-state index < -0.39 is 0 Å². The fourth-order valence-corrected chi connectivity index (χ4v) is 3.01. The van der Waals surface area contributed by atoms with E-state index in [4.69, 9.17) is 33.2 Å². The normalized spacial score (nSPS) is 11.6. The van der Waals surface area contributed by atoms with Gasteiger partial charge in [0.1, 0.15) is 0 Å². The zero-order chi connectivity index (χ0) is 24.8. The Bertz CT molecular complexity index is 362. The minimum absolute atomic E-state index is 0.559. The highest BCUT2D eigenvalue weighted by atomic mass is 16.6. The Morgan fingerprint density at radius 2 is 0.647 bits per heavy atom. The molecule has 0 N–H and O–H groups in total. The lowest BCUT2D eigenvalue weighted by Gasteiger charge is -2.10. The third-order valence-electron chi connectivity index (χ3n) is 5.06. The molecule has 0 aromatic rings. The van der Waals surface area contributed by atoms with Crippen LogP contribution in [0.25, 0.3) is 0 Å². The molecule has 0 unspecified atom stereocenters. The molecule has 0 rings (SSSR count). The molecule has 0 aliphatic rings. The van der Waals surface area contributed by atoms with Crippen LogP contribution in [0.1, 0.15) is 58.3 Å². The second kappa shape index (κ2) is 30.7. The highest BCUT2D eigenvalue weighted by Crippen LogP contribution is 2.08. The average Bonchev–Trinajstić information content (AvgIpc) is 2.83. The Balaban J connectivity index is 3.00. The van der Waals surface area contributed by atoms with Crippen molar-refractivity contribution in [2.75, 3.05) is 113 Å². The maximum absolute atomic E-state index is 5.61. The van der Waals surface area contributed by atoms with Gasteiger partial charge in [-0.05, 0) is 20.5 Å². The van der Waals surface area contributed by atoms with Crippen molar-refractivity contribution >= 4 is 0 Å². The monoisotopic (exact) mass is 493 g/mol. The van der Waals surface area contributed by atoms with E-state index >= 15 is 0 Å². The Labute approximate surface area is 209 Å². The van der Waals surface area contributed by atoms with E-state index in [0.29, 0.717) is 79.3 Å². The van der Waals surface area contributed by atoms with Crippen LogP contribution in [0.4, 0.5) is 0 Å². The summed E-state index contributed by atoms with van der Waals surface area (Å²) in [7, 11) is 4.06. The Hall–Kier alpha value is -0.320. The second-order valence-corrected chi connectivity index (χ2v) is 8.56. The van der Waals surface area contributed by atoms with Gasteiger partial charge in [0.25, 0.3) is 0 Å². The third kappa shape index (κ3) is 31.7. The molecule has 0 saturated carbocycles. The van der Waals surface area contributed by atoms with Crippen molar-refractivity contribution in [1.82, 2.24) is 4.90 Å². The van der Waals surface area contributed by atoms with Crippen molar-refractivity contribution in [1.29, 1.82) is 0 Å². The SMILES string of the molecule is CCCCCCCCCCOCCOCCOCCOCCOCCOCCOCCN(C)C. The van der Waals surface area contributed by atoms with Gasteiger partial charge in [0, 0.05) is 13.2 Å². The number of ether oxygens (including phenoxy) is 7. The van der Waals surface area contributed by atoms with Crippen LogP contribution >= 0.6 is 0 Å². The summed E-state index contributed by atoms with van der Waals surface area (Å²) in [6.45, 7) is 11.8. The lowest BCUT2D eigenvalue weighted by Crippen LogP contribution is -2.19. The zero-order valence-electron chi connectivity index (χ0n) is 22.6. The van der Waals surface area contributed by atoms with Gasteiger partial charge in [-0.25, -0.2) is 0 Å². The summed E-state index contributed by atoms with van der Waals surface area (Å²) >= 11 is 0. The topological polar surface area (TPSA) is 67.9 Å². The van der Waals surface area contributed by atoms with Crippen molar-refractivity contribution in [3.8, 4) is 0 Å². The fraction of sp³-hybridized carbons (Fsp3) is 1.00. The summed E-state index contributed by atoms with van der Waals surface area (Å²) in [5, 5.41) is 0. The molecule has 0 bridgehead atoms. The molecule has 34 heavy (non-hydrogen) atoms. The quantitative estimate of drug-likeness (QED) is 0.140. The van der Waals surface area contributed by atoms with E-state index in [2.05, 4.69) is 11.8 Å². The van der Waals surface area contributed by atoms with Crippen LogP contribution in [0.15, 0.2) is 0 Å². The van der Waals surface area contributed by atoms with Crippen LogP contribution < -0.4 is 0 Å². The van der Waals surface area contributed by atoms with E-state index in [9.17, 15) is 0 Å². The summed E-state index contributed by atoms with van der Waals surface area (Å²) < 4.78 is 38.4. The Kier molecular flexibility index (Phi) is 30.4. The minimum atomic E-state index is 0.559. The maximum Gasteiger partial charge on any atom is 0.0701 e. The molecule has 0 heterocycles. The predicted octanol–water partition coefficient (Wildman–Crippen LogP) is 3.80. The van der Waals surface area contributed by atoms with Gasteiger partial charge >= 0.3 is 0 Å². The van der Waals surface area contributed by atoms with E-state index in [1.54, 1.807) is 0 Å². The molecule has 8 heteroatoms. The highest BCUT2D eigenvalue weighted by Gasteiger charge is 1.96. The van der Waals surface area contributed by atoms with Crippen LogP contribution in [0.5, 0.6) is 0 Å². The molecule has 8 nitrogen and oxygen atoms in total. The second-order valence-electron chi connectivity index (χ2n) is 8.56. The highest BCUT2D eigenvalue weighted by molar-refractivity contribution is 4.46. The molecular formula is C26H55NO7. The van der Waals surface area contributed by atoms with Gasteiger partial charge < -0.3 is 38.1 Å². The van der Waals surface area contributed by atoms with E-state index in [-0.39, 0.29) is 0 Å². The summed E-state index contributed by atoms with van der Waals surface area (Å²) in [5.41, 5.74) is 0. The van der Waals surface area contributed by atoms with Gasteiger partial charge in [-0.1, -0.05) is 51.9 Å². The lowest BCUT2D eigenvalue weighted by atomic mass is 10.1. The Morgan fingerprint density at radius 1 is 0.353 bits per heavy atom. The van der Waals surface area contributed by atoms with Gasteiger partial charge in [0.15, 0.2) is 0 Å². The maximum atomic E-state index is 5.61. The van der Waals surface area contributed by atoms with Crippen molar-refractivity contribution in [2.45, 2.75) is 58.3 Å². The molecule has 0 fully saturated rings. The summed E-state index contributed by atoms with van der Waals surface area (Å²) in [5.74, 6) is 0. The summed E-state index contributed by atoms with van der Waals surface area (Å²) in [4.78, 5) is 2.09. The third-order valence-corrected chi connectivity index (χ3v) is 5.06. The number of likely N-dealkylation sites (N-methyl/N-ethyl adjacent to an activating group) is 1. The number of hydrogen-bond acceptors (Lipinski definition) is 8. The van der Waals surface area contributed by atoms with E-state index in [1.165, 1.54) is 44.9 Å². The smallest absolute Gasteiger partial charge is 0.0701 e. The molecule has 0 radical (unpaired) electrons. The van der Waals surface area contributed by atoms with Crippen molar-refractivity contribution in [3.05, 3.63) is 0 Å². The molecule has 0 saturated heterocycles. The van der Waals surface area contributed by atoms with Crippen LogP contribution in [-0.2, 0) is 33.2 Å². The summed E-state index contributed by atoms with van der Waals surface area (Å²) in [6, 6.07) is 0. The predicted molar refractivity (Wildman–Crippen MR) is 137 cm³/mol. The first-order valence-electron chi connectivity index (χ1n) is 13.5. The summed E-state index contributed by atoms with van der Waals surface area (Å²) in [6.07, 6.45) is 10.6. The van der Waals surface area contributed by atoms with Crippen LogP contribution in [0.3, 0.4) is 0 Å². The molecule has 206 valence electrons. The van der Waals surface area contributed by atoms with Gasteiger partial charge in [-0.3, -0.25) is 0 Å². The number of hydrogen-bond donors (Lipinski definition) is 0. The van der Waals surface area contributed by atoms with Crippen molar-refractivity contribution in [2.24, 2.45) is 0 Å². The minimum Gasteiger partial charge on any atom is -0.379 e. The van der Waals surface area contributed by atoms with E-state index in [1.807, 2.05) is 14.1 Å². The first kappa shape index (κ1) is 33.7. The standard InChI is InChI=1S/C26H55NO7/c1-4-5-6-7-8-9-10-11-13-28-15-17-30-19-21-32-23-25-34-26-24-33-22-20-31-18-16-29-14-12-27(2)3/h4-26H2,1-3H3. The molecule has 0 aromatic carbocycles. The van der Waals surface area contributed by atoms with Gasteiger partial charge in [-0.2, -0.15) is 0 Å². The molecule has 0 aliphatic carbocycles. The first-order chi connectivity index (χ1) is 16.8.